The Morgan fingerprint density at radius 1 is 1.48 bits per heavy atom. The summed E-state index contributed by atoms with van der Waals surface area (Å²) in [5, 5.41) is 12.1. The van der Waals surface area contributed by atoms with E-state index < -0.39 is 0 Å². The van der Waals surface area contributed by atoms with Crippen LogP contribution in [0.5, 0.6) is 0 Å². The van der Waals surface area contributed by atoms with E-state index in [1.54, 1.807) is 6.20 Å². The maximum Gasteiger partial charge on any atom is 0.232 e. The molecule has 0 saturated carbocycles. The molecular weight excluding hydrogens is 288 g/mol. The zero-order valence-electron chi connectivity index (χ0n) is 12.4. The van der Waals surface area contributed by atoms with Gasteiger partial charge < -0.3 is 15.2 Å². The summed E-state index contributed by atoms with van der Waals surface area (Å²) >= 11 is 1.33. The fraction of sp³-hybridized carbons (Fsp3) is 0.600. The molecule has 1 amide bonds. The number of nitrogens with zero attached hydrogens (tertiary/aromatic N) is 1. The van der Waals surface area contributed by atoms with Gasteiger partial charge in [0.1, 0.15) is 0 Å². The minimum atomic E-state index is -0.159. The second-order valence-corrected chi connectivity index (χ2v) is 6.26. The molecule has 1 aromatic heterocycles. The Balaban J connectivity index is 1.99. The third-order valence-corrected chi connectivity index (χ3v) is 4.56. The van der Waals surface area contributed by atoms with E-state index in [0.29, 0.717) is 11.6 Å². The van der Waals surface area contributed by atoms with Crippen LogP contribution in [-0.2, 0) is 9.53 Å². The minimum Gasteiger partial charge on any atom is -0.395 e. The van der Waals surface area contributed by atoms with Gasteiger partial charge in [0.05, 0.1) is 35.8 Å². The van der Waals surface area contributed by atoms with E-state index in [9.17, 15) is 4.79 Å². The van der Waals surface area contributed by atoms with Gasteiger partial charge in [0.2, 0.25) is 5.91 Å². The zero-order chi connectivity index (χ0) is 15.4. The van der Waals surface area contributed by atoms with Crippen molar-refractivity contribution in [1.82, 2.24) is 4.98 Å². The molecule has 4 unspecified atom stereocenters. The lowest BCUT2D eigenvalue weighted by Crippen LogP contribution is -2.31. The molecule has 1 aliphatic heterocycles. The van der Waals surface area contributed by atoms with E-state index >= 15 is 0 Å². The quantitative estimate of drug-likeness (QED) is 0.836. The molecule has 0 bridgehead atoms. The number of aromatic nitrogens is 1. The summed E-state index contributed by atoms with van der Waals surface area (Å²) in [6.07, 6.45) is 2.07. The lowest BCUT2D eigenvalue weighted by molar-refractivity contribution is -0.121. The molecule has 2 N–H and O–H groups in total. The molecule has 1 fully saturated rings. The maximum atomic E-state index is 12.4. The molecule has 1 aromatic rings. The smallest absolute Gasteiger partial charge is 0.232 e. The number of nitrogens with one attached hydrogen (secondary N) is 1. The van der Waals surface area contributed by atoms with Gasteiger partial charge in [-0.25, -0.2) is 4.98 Å². The summed E-state index contributed by atoms with van der Waals surface area (Å²) in [6, 6.07) is 0. The van der Waals surface area contributed by atoms with E-state index in [1.807, 2.05) is 20.8 Å². The topological polar surface area (TPSA) is 71.5 Å². The van der Waals surface area contributed by atoms with E-state index in [-0.39, 0.29) is 36.6 Å². The number of aliphatic hydroxyl groups excluding tert-OH is 1. The summed E-state index contributed by atoms with van der Waals surface area (Å²) in [7, 11) is 0. The van der Waals surface area contributed by atoms with E-state index in [0.717, 1.165) is 4.88 Å². The molecule has 0 spiro atoms. The second-order valence-electron chi connectivity index (χ2n) is 5.23. The Kier molecular flexibility index (Phi) is 5.34. The average molecular weight is 308 g/mol. The van der Waals surface area contributed by atoms with Crippen molar-refractivity contribution in [2.75, 3.05) is 11.9 Å². The van der Waals surface area contributed by atoms with Gasteiger partial charge in [-0.2, -0.15) is 0 Å². The Hall–Kier alpha value is -1.42. The molecule has 2 rings (SSSR count). The number of aliphatic hydroxyl groups is 1. The molecule has 21 heavy (non-hydrogen) atoms. The van der Waals surface area contributed by atoms with Gasteiger partial charge in [-0.3, -0.25) is 4.79 Å². The lowest BCUT2D eigenvalue weighted by atomic mass is 9.89. The van der Waals surface area contributed by atoms with Gasteiger partial charge in [0, 0.05) is 6.42 Å². The summed E-state index contributed by atoms with van der Waals surface area (Å²) < 4.78 is 5.69. The van der Waals surface area contributed by atoms with E-state index in [4.69, 9.17) is 9.84 Å². The molecule has 1 aliphatic rings. The molecule has 6 heteroatoms. The van der Waals surface area contributed by atoms with Crippen LogP contribution in [0.1, 0.15) is 32.1 Å². The molecule has 2 heterocycles. The zero-order valence-corrected chi connectivity index (χ0v) is 13.2. The summed E-state index contributed by atoms with van der Waals surface area (Å²) in [5.74, 6) is 5.71. The Morgan fingerprint density at radius 3 is 2.86 bits per heavy atom. The first-order valence-electron chi connectivity index (χ1n) is 7.04. The van der Waals surface area contributed by atoms with Crippen molar-refractivity contribution in [2.24, 2.45) is 11.8 Å². The Morgan fingerprint density at radius 2 is 2.24 bits per heavy atom. The van der Waals surface area contributed by atoms with Crippen LogP contribution in [0.25, 0.3) is 0 Å². The van der Waals surface area contributed by atoms with Crippen molar-refractivity contribution < 1.29 is 14.6 Å². The number of carbonyl (C=O) groups excluding carboxylic acids is 1. The molecule has 0 radical (unpaired) electrons. The third kappa shape index (κ3) is 3.82. The summed E-state index contributed by atoms with van der Waals surface area (Å²) in [4.78, 5) is 17.3. The Labute approximate surface area is 128 Å². The highest BCUT2D eigenvalue weighted by Crippen LogP contribution is 2.33. The fourth-order valence-electron chi connectivity index (χ4n) is 2.50. The first-order chi connectivity index (χ1) is 10.0. The van der Waals surface area contributed by atoms with Gasteiger partial charge in [0.15, 0.2) is 5.13 Å². The van der Waals surface area contributed by atoms with Crippen molar-refractivity contribution in [3.8, 4) is 11.8 Å². The average Bonchev–Trinajstić information content (AvgIpc) is 2.96. The van der Waals surface area contributed by atoms with Gasteiger partial charge >= 0.3 is 0 Å². The van der Waals surface area contributed by atoms with Gasteiger partial charge in [0.25, 0.3) is 0 Å². The van der Waals surface area contributed by atoms with Crippen molar-refractivity contribution in [1.29, 1.82) is 0 Å². The number of hydrogen-bond donors (Lipinski definition) is 2. The van der Waals surface area contributed by atoms with Crippen molar-refractivity contribution >= 4 is 22.4 Å². The predicted octanol–water partition coefficient (Wildman–Crippen LogP) is 1.88. The highest BCUT2D eigenvalue weighted by Gasteiger charge is 2.41. The largest absolute Gasteiger partial charge is 0.395 e. The summed E-state index contributed by atoms with van der Waals surface area (Å²) in [6.45, 7) is 6.00. The number of hydrogen-bond acceptors (Lipinski definition) is 5. The van der Waals surface area contributed by atoms with Gasteiger partial charge in [-0.05, 0) is 19.8 Å². The molecule has 5 nitrogen and oxygen atoms in total. The minimum absolute atomic E-state index is 0.0467. The lowest BCUT2D eigenvalue weighted by Gasteiger charge is -2.16. The number of anilines is 1. The second kappa shape index (κ2) is 7.03. The van der Waals surface area contributed by atoms with Crippen LogP contribution in [0.2, 0.25) is 0 Å². The predicted molar refractivity (Wildman–Crippen MR) is 82.0 cm³/mol. The van der Waals surface area contributed by atoms with Crippen LogP contribution in [0, 0.1) is 23.7 Å². The van der Waals surface area contributed by atoms with E-state index in [1.165, 1.54) is 11.3 Å². The highest BCUT2D eigenvalue weighted by molar-refractivity contribution is 7.16. The van der Waals surface area contributed by atoms with Crippen LogP contribution in [-0.4, -0.2) is 34.8 Å². The number of ether oxygens (including phenoxy) is 1. The fourth-order valence-corrected chi connectivity index (χ4v) is 3.20. The first kappa shape index (κ1) is 16.0. The third-order valence-electron chi connectivity index (χ3n) is 3.73. The molecule has 0 aliphatic carbocycles. The highest BCUT2D eigenvalue weighted by atomic mass is 32.1. The van der Waals surface area contributed by atoms with Gasteiger partial charge in [-0.15, -0.1) is 0 Å². The number of rotatable bonds is 3. The van der Waals surface area contributed by atoms with Crippen LogP contribution in [0.15, 0.2) is 6.20 Å². The molecule has 0 aromatic carbocycles. The molecule has 114 valence electrons. The molecule has 4 atom stereocenters. The number of amides is 1. The molecule has 1 saturated heterocycles. The maximum absolute atomic E-state index is 12.4. The number of thiazole rings is 1. The Bertz CT molecular complexity index is 561. The number of carbonyl (C=O) groups is 1. The standard InChI is InChI=1S/C15H20N2O3S/c1-9-10(2)20-11(3)13(9)14(19)17-15-16-8-12(21-15)6-4-5-7-18/h8-11,13,18H,5,7H2,1-3H3,(H,16,17,19). The SMILES string of the molecule is CC1OC(C)C(C(=O)Nc2ncc(C#CCCO)s2)C1C. The monoisotopic (exact) mass is 308 g/mol. The van der Waals surface area contributed by atoms with E-state index in [2.05, 4.69) is 22.1 Å². The first-order valence-corrected chi connectivity index (χ1v) is 7.86. The van der Waals surface area contributed by atoms with Gasteiger partial charge in [-0.1, -0.05) is 30.1 Å². The van der Waals surface area contributed by atoms with Crippen LogP contribution >= 0.6 is 11.3 Å². The van der Waals surface area contributed by atoms with Crippen molar-refractivity contribution in [2.45, 2.75) is 39.4 Å². The van der Waals surface area contributed by atoms with Crippen LogP contribution in [0.4, 0.5) is 5.13 Å². The normalized spacial score (nSPS) is 28.0. The van der Waals surface area contributed by atoms with Crippen molar-refractivity contribution in [3.63, 3.8) is 0 Å². The summed E-state index contributed by atoms with van der Waals surface area (Å²) in [5.41, 5.74) is 0. The van der Waals surface area contributed by atoms with Crippen molar-refractivity contribution in [3.05, 3.63) is 11.1 Å². The molecular formula is C15H20N2O3S. The van der Waals surface area contributed by atoms with Crippen LogP contribution in [0.3, 0.4) is 0 Å². The van der Waals surface area contributed by atoms with Crippen LogP contribution < -0.4 is 5.32 Å².